The van der Waals surface area contributed by atoms with Gasteiger partial charge >= 0.3 is 0 Å². The minimum absolute atomic E-state index is 0.766. The van der Waals surface area contributed by atoms with E-state index in [2.05, 4.69) is 21.3 Å². The van der Waals surface area contributed by atoms with E-state index in [0.29, 0.717) is 0 Å². The predicted molar refractivity (Wildman–Crippen MR) is 278 cm³/mol. The van der Waals surface area contributed by atoms with Crippen LogP contribution >= 0.6 is 0 Å². The molecule has 0 aromatic heterocycles. The number of amides is 4. The van der Waals surface area contributed by atoms with E-state index in [1.807, 2.05) is 0 Å². The van der Waals surface area contributed by atoms with Gasteiger partial charge in [0.15, 0.2) is 44.0 Å². The molecule has 23 N–H and O–H groups in total. The number of carbonyl (C=O) groups is 4. The number of nitrogens with one attached hydrogen (secondary N) is 4. The molecule has 0 aromatic carbocycles. The summed E-state index contributed by atoms with van der Waals surface area (Å²) in [4.78, 5) is 50.0. The van der Waals surface area contributed by atoms with Gasteiger partial charge in [0.1, 0.15) is 171 Å². The zero-order valence-electron chi connectivity index (χ0n) is 48.6. The van der Waals surface area contributed by atoms with E-state index >= 15 is 0 Å². The first-order chi connectivity index (χ1) is 42.5. The predicted octanol–water partition coefficient (Wildman–Crippen LogP) is -15.7. The molecular weight excluding hydrogens is 1230 g/mol. The average Bonchev–Trinajstić information content (AvgIpc) is 1.29. The normalized spacial score (nSPS) is 47.6. The smallest absolute Gasteiger partial charge is 0.217 e. The Balaban J connectivity index is 1.24. The van der Waals surface area contributed by atoms with Crippen molar-refractivity contribution in [2.24, 2.45) is 0 Å². The Labute approximate surface area is 510 Å². The molecule has 0 spiro atoms. The average molecular weight is 1320 g/mol. The van der Waals surface area contributed by atoms with Crippen LogP contribution in [0.25, 0.3) is 0 Å². The molecule has 0 bridgehead atoms. The maximum atomic E-state index is 12.8. The third kappa shape index (κ3) is 16.4. The van der Waals surface area contributed by atoms with Gasteiger partial charge in [0.2, 0.25) is 23.6 Å². The maximum absolute atomic E-state index is 12.8. The molecule has 0 aliphatic carbocycles. The monoisotopic (exact) mass is 1320 g/mol. The van der Waals surface area contributed by atoms with Crippen LogP contribution in [0, 0.1) is 0 Å². The molecule has 35 atom stereocenters. The molecule has 0 radical (unpaired) electrons. The van der Waals surface area contributed by atoms with Crippen LogP contribution in [0.3, 0.4) is 0 Å². The summed E-state index contributed by atoms with van der Waals surface area (Å²) >= 11 is 0. The topological polar surface area (TPSA) is 621 Å². The Morgan fingerprint density at radius 1 is 0.289 bits per heavy atom. The highest BCUT2D eigenvalue weighted by Crippen LogP contribution is 2.38. The Morgan fingerprint density at radius 3 is 0.922 bits per heavy atom. The van der Waals surface area contributed by atoms with Gasteiger partial charge < -0.3 is 180 Å². The van der Waals surface area contributed by atoms with Crippen molar-refractivity contribution in [1.82, 2.24) is 21.3 Å². The summed E-state index contributed by atoms with van der Waals surface area (Å²) < 4.78 is 77.4. The molecule has 520 valence electrons. The van der Waals surface area contributed by atoms with Crippen LogP contribution in [-0.4, -0.2) is 382 Å². The highest BCUT2D eigenvalue weighted by atomic mass is 16.8. The third-order valence-corrected chi connectivity index (χ3v) is 16.1. The van der Waals surface area contributed by atoms with E-state index in [-0.39, 0.29) is 0 Å². The third-order valence-electron chi connectivity index (χ3n) is 16.1. The lowest BCUT2D eigenvalue weighted by atomic mass is 9.94. The summed E-state index contributed by atoms with van der Waals surface area (Å²) in [7, 11) is 0. The molecule has 40 heteroatoms. The Hall–Kier alpha value is -3.40. The van der Waals surface area contributed by atoms with Crippen LogP contribution in [0.2, 0.25) is 0 Å². The number of hydrogen-bond acceptors (Lipinski definition) is 36. The quantitative estimate of drug-likeness (QED) is 0.0452. The highest BCUT2D eigenvalue weighted by Gasteiger charge is 2.59. The van der Waals surface area contributed by atoms with Crippen molar-refractivity contribution in [1.29, 1.82) is 0 Å². The number of carbonyl (C=O) groups excluding carboxylic acids is 4. The number of aliphatic hydroxyl groups excluding tert-OH is 19. The summed E-state index contributed by atoms with van der Waals surface area (Å²) in [6.07, 6.45) is -62.0. The number of aliphatic hydroxyl groups is 19. The number of ether oxygens (including phenoxy) is 13. The standard InChI is InChI=1S/C50H84N4O36/c1-12(61)51-23-32(70)27(65)16(5-55)80-45(23)86-39-21(10-60)85-48(26(35(39)73)54-15(4)64)89-42-36(74)30(68)19(8-58)83-49(42)78-11-22-40(87-46-24(52-13(2)62)33(71)28(66)17(6-56)81-46)41(38(76)44(77)79-22)88-50-43(37(75)31(69)20(9-59)84-50)90-47-25(53-14(3)63)34(72)29(67)18(7-57)82-47/h16-50,55-60,65-77H,5-11H2,1-4H3,(H,51,61)(H,52,62)(H,53,63)(H,54,64)/t16-,17-,18-,19-,20-,21-,22-,23-,24-,25-,26-,27+,28-,29-,30-,31-,32-,33-,34-,35-,36+,37+,38+,39-,40-,41-,42+,43+,44+,45+,46+,47+,48+,49+,50-/m1/s1. The molecule has 0 unspecified atom stereocenters. The van der Waals surface area contributed by atoms with Crippen LogP contribution in [0.1, 0.15) is 27.7 Å². The molecule has 7 fully saturated rings. The van der Waals surface area contributed by atoms with Crippen LogP contribution in [0.15, 0.2) is 0 Å². The molecule has 4 amide bonds. The lowest BCUT2D eigenvalue weighted by Gasteiger charge is -2.51. The fourth-order valence-corrected chi connectivity index (χ4v) is 11.5. The van der Waals surface area contributed by atoms with Gasteiger partial charge in [0, 0.05) is 27.7 Å². The van der Waals surface area contributed by atoms with Crippen LogP contribution in [-0.2, 0) is 80.8 Å². The SMILES string of the molecule is CC(=O)N[C@H]1[C@H](O[C@@H]2[C@@H](OC[C@H]3O[C@H](O)[C@@H](O)[C@@H](O[C@H]4O[C@H](CO)[C@@H](O)[C@H](O)[C@@H]4O[C@@H]4O[C@H](CO)[C@@H](O)[C@H](O)[C@H]4NC(C)=O)[C@@H]3O[C@@H]3O[C@H](CO)[C@@H](O)[C@H](O)[C@H]3NC(C)=O)O[C@H](CO)[C@@H](O)[C@@H]2O)O[C@H](CO)[C@@H](O[C@@H]2O[C@H](CO)[C@H](O)[C@H](O)[C@H]2NC(C)=O)[C@@H]1O. The molecule has 7 aliphatic heterocycles. The fraction of sp³-hybridized carbons (Fsp3) is 0.920. The van der Waals surface area contributed by atoms with Gasteiger partial charge in [-0.25, -0.2) is 0 Å². The van der Waals surface area contributed by atoms with Gasteiger partial charge in [-0.1, -0.05) is 0 Å². The summed E-state index contributed by atoms with van der Waals surface area (Å²) in [5, 5.41) is 217. The second kappa shape index (κ2) is 32.4. The number of rotatable bonds is 23. The summed E-state index contributed by atoms with van der Waals surface area (Å²) in [5.74, 6) is -3.35. The zero-order chi connectivity index (χ0) is 66.5. The second-order valence-corrected chi connectivity index (χ2v) is 22.5. The Kier molecular flexibility index (Phi) is 26.6. The van der Waals surface area contributed by atoms with Crippen molar-refractivity contribution in [2.45, 2.75) is 242 Å². The van der Waals surface area contributed by atoms with E-state index in [1.54, 1.807) is 0 Å². The first-order valence-corrected chi connectivity index (χ1v) is 28.6. The van der Waals surface area contributed by atoms with E-state index < -0.39 is 285 Å². The van der Waals surface area contributed by atoms with Crippen molar-refractivity contribution in [3.63, 3.8) is 0 Å². The van der Waals surface area contributed by atoms with Crippen molar-refractivity contribution in [2.75, 3.05) is 46.2 Å². The van der Waals surface area contributed by atoms with Gasteiger partial charge in [-0.2, -0.15) is 0 Å². The Bertz CT molecular complexity index is 2310. The van der Waals surface area contributed by atoms with Gasteiger partial charge in [-0.3, -0.25) is 19.2 Å². The van der Waals surface area contributed by atoms with Crippen LogP contribution in [0.4, 0.5) is 0 Å². The highest BCUT2D eigenvalue weighted by molar-refractivity contribution is 5.74. The summed E-state index contributed by atoms with van der Waals surface area (Å²) in [6.45, 7) is -3.16. The lowest BCUT2D eigenvalue weighted by Crippen LogP contribution is -2.70. The van der Waals surface area contributed by atoms with Gasteiger partial charge in [-0.05, 0) is 0 Å². The first kappa shape index (κ1) is 74.0. The van der Waals surface area contributed by atoms with Crippen LogP contribution in [0.5, 0.6) is 0 Å². The molecule has 7 heterocycles. The molecule has 7 aliphatic rings. The van der Waals surface area contributed by atoms with E-state index in [9.17, 15) is 116 Å². The number of hydrogen-bond donors (Lipinski definition) is 23. The molecule has 0 saturated carbocycles. The molecule has 40 nitrogen and oxygen atoms in total. The van der Waals surface area contributed by atoms with E-state index in [4.69, 9.17) is 61.6 Å². The Morgan fingerprint density at radius 2 is 0.567 bits per heavy atom. The lowest BCUT2D eigenvalue weighted by molar-refractivity contribution is -0.397. The summed E-state index contributed by atoms with van der Waals surface area (Å²) in [6, 6.07) is -6.97. The van der Waals surface area contributed by atoms with E-state index in [0.717, 1.165) is 27.7 Å². The van der Waals surface area contributed by atoms with Gasteiger partial charge in [0.05, 0.1) is 46.2 Å². The van der Waals surface area contributed by atoms with Crippen molar-refractivity contribution in [3.05, 3.63) is 0 Å². The molecule has 7 saturated heterocycles. The van der Waals surface area contributed by atoms with Gasteiger partial charge in [0.25, 0.3) is 0 Å². The molecular formula is C50H84N4O36. The second-order valence-electron chi connectivity index (χ2n) is 22.5. The molecule has 7 rings (SSSR count). The summed E-state index contributed by atoms with van der Waals surface area (Å²) in [5.41, 5.74) is 0. The van der Waals surface area contributed by atoms with E-state index in [1.165, 1.54) is 0 Å². The van der Waals surface area contributed by atoms with Crippen molar-refractivity contribution < 1.29 is 178 Å². The minimum Gasteiger partial charge on any atom is -0.394 e. The largest absolute Gasteiger partial charge is 0.394 e. The molecule has 90 heavy (non-hydrogen) atoms. The maximum Gasteiger partial charge on any atom is 0.217 e. The fourth-order valence-electron chi connectivity index (χ4n) is 11.5. The van der Waals surface area contributed by atoms with Gasteiger partial charge in [-0.15, -0.1) is 0 Å². The van der Waals surface area contributed by atoms with Crippen molar-refractivity contribution in [3.8, 4) is 0 Å². The molecule has 0 aromatic rings. The van der Waals surface area contributed by atoms with Crippen molar-refractivity contribution >= 4 is 23.6 Å². The zero-order valence-corrected chi connectivity index (χ0v) is 48.6. The minimum atomic E-state index is -2.44. The van der Waals surface area contributed by atoms with Crippen LogP contribution < -0.4 is 21.3 Å². The first-order valence-electron chi connectivity index (χ1n) is 28.6.